The molecule has 0 aliphatic heterocycles. The molecule has 1 atom stereocenters. The minimum Gasteiger partial charge on any atom is -0.495 e. The summed E-state index contributed by atoms with van der Waals surface area (Å²) < 4.78 is 5.25. The van der Waals surface area contributed by atoms with Crippen LogP contribution >= 0.6 is 0 Å². The fourth-order valence-electron chi connectivity index (χ4n) is 2.34. The maximum absolute atomic E-state index is 11.3. The Kier molecular flexibility index (Phi) is 4.85. The molecule has 1 aromatic rings. The van der Waals surface area contributed by atoms with Crippen LogP contribution in [-0.2, 0) is 4.79 Å². The van der Waals surface area contributed by atoms with Crippen LogP contribution in [0.15, 0.2) is 18.2 Å². The van der Waals surface area contributed by atoms with E-state index < -0.39 is 0 Å². The van der Waals surface area contributed by atoms with Gasteiger partial charge in [0.05, 0.1) is 12.8 Å². The number of ether oxygens (including phenoxy) is 1. The molecular formula is C16H24N2O3. The normalized spacial score (nSPS) is 17.1. The number of amides is 1. The largest absolute Gasteiger partial charge is 0.495 e. The zero-order valence-corrected chi connectivity index (χ0v) is 12.9. The predicted octanol–water partition coefficient (Wildman–Crippen LogP) is 2.08. The molecule has 116 valence electrons. The molecule has 0 radical (unpaired) electrons. The lowest BCUT2D eigenvalue weighted by Gasteiger charge is -2.20. The molecule has 1 aliphatic rings. The van der Waals surface area contributed by atoms with Crippen molar-refractivity contribution < 1.29 is 14.6 Å². The van der Waals surface area contributed by atoms with Crippen LogP contribution < -0.4 is 15.4 Å². The lowest BCUT2D eigenvalue weighted by molar-refractivity contribution is -0.114. The summed E-state index contributed by atoms with van der Waals surface area (Å²) in [5.41, 5.74) is 1.84. The maximum atomic E-state index is 11.3. The average Bonchev–Trinajstić information content (AvgIpc) is 3.24. The number of hydrogen-bond donors (Lipinski definition) is 3. The monoisotopic (exact) mass is 292 g/mol. The molecular weight excluding hydrogens is 268 g/mol. The van der Waals surface area contributed by atoms with Crippen LogP contribution in [0.3, 0.4) is 0 Å². The van der Waals surface area contributed by atoms with Crippen LogP contribution in [0, 0.1) is 5.41 Å². The maximum Gasteiger partial charge on any atom is 0.221 e. The molecule has 1 amide bonds. The quantitative estimate of drug-likeness (QED) is 0.719. The fourth-order valence-corrected chi connectivity index (χ4v) is 2.34. The predicted molar refractivity (Wildman–Crippen MR) is 82.5 cm³/mol. The molecule has 0 heterocycles. The molecule has 1 aliphatic carbocycles. The molecule has 0 spiro atoms. The van der Waals surface area contributed by atoms with Gasteiger partial charge < -0.3 is 20.5 Å². The molecule has 3 N–H and O–H groups in total. The van der Waals surface area contributed by atoms with Crippen molar-refractivity contribution in [2.24, 2.45) is 5.41 Å². The van der Waals surface area contributed by atoms with Gasteiger partial charge in [-0.25, -0.2) is 0 Å². The van der Waals surface area contributed by atoms with Crippen LogP contribution in [0.4, 0.5) is 5.69 Å². The zero-order valence-electron chi connectivity index (χ0n) is 12.9. The van der Waals surface area contributed by atoms with Gasteiger partial charge in [0, 0.05) is 31.5 Å². The van der Waals surface area contributed by atoms with Gasteiger partial charge in [-0.1, -0.05) is 6.07 Å². The molecule has 1 saturated carbocycles. The topological polar surface area (TPSA) is 70.6 Å². The van der Waals surface area contributed by atoms with Gasteiger partial charge in [-0.05, 0) is 37.5 Å². The lowest BCUT2D eigenvalue weighted by Crippen LogP contribution is -2.28. The van der Waals surface area contributed by atoms with E-state index in [1.807, 2.05) is 18.2 Å². The third kappa shape index (κ3) is 3.95. The number of carbonyl (C=O) groups excluding carboxylic acids is 1. The van der Waals surface area contributed by atoms with Gasteiger partial charge in [-0.2, -0.15) is 0 Å². The molecule has 0 bridgehead atoms. The number of methoxy groups -OCH3 is 1. The van der Waals surface area contributed by atoms with Crippen LogP contribution in [0.25, 0.3) is 0 Å². The molecule has 21 heavy (non-hydrogen) atoms. The van der Waals surface area contributed by atoms with E-state index in [9.17, 15) is 9.90 Å². The number of nitrogens with one attached hydrogen (secondary N) is 2. The van der Waals surface area contributed by atoms with Gasteiger partial charge in [0.25, 0.3) is 0 Å². The van der Waals surface area contributed by atoms with Crippen LogP contribution in [0.2, 0.25) is 0 Å². The molecule has 1 unspecified atom stereocenters. The van der Waals surface area contributed by atoms with E-state index >= 15 is 0 Å². The first kappa shape index (κ1) is 15.8. The summed E-state index contributed by atoms with van der Waals surface area (Å²) in [4.78, 5) is 11.3. The van der Waals surface area contributed by atoms with E-state index in [2.05, 4.69) is 17.6 Å². The number of carbonyl (C=O) groups is 1. The second kappa shape index (κ2) is 6.45. The number of rotatable bonds is 7. The molecule has 0 saturated heterocycles. The molecule has 5 nitrogen and oxygen atoms in total. The standard InChI is InChI=1S/C16H24N2O3/c1-11(17-9-16(10-19)6-7-16)13-4-5-15(21-3)14(8-13)18-12(2)20/h4-5,8,11,17,19H,6-7,9-10H2,1-3H3,(H,18,20). The van der Waals surface area contributed by atoms with Crippen molar-refractivity contribution in [3.8, 4) is 5.75 Å². The average molecular weight is 292 g/mol. The number of aliphatic hydroxyl groups excluding tert-OH is 1. The Morgan fingerprint density at radius 3 is 2.71 bits per heavy atom. The van der Waals surface area contributed by atoms with E-state index in [4.69, 9.17) is 4.74 Å². The molecule has 2 rings (SSSR count). The van der Waals surface area contributed by atoms with Crippen LogP contribution in [0.5, 0.6) is 5.75 Å². The summed E-state index contributed by atoms with van der Waals surface area (Å²) in [6.45, 7) is 4.61. The summed E-state index contributed by atoms with van der Waals surface area (Å²) >= 11 is 0. The summed E-state index contributed by atoms with van der Waals surface area (Å²) in [5.74, 6) is 0.526. The highest BCUT2D eigenvalue weighted by Gasteiger charge is 2.41. The van der Waals surface area contributed by atoms with E-state index in [0.29, 0.717) is 11.4 Å². The van der Waals surface area contributed by atoms with E-state index in [0.717, 1.165) is 24.9 Å². The Hall–Kier alpha value is -1.59. The Bertz CT molecular complexity index is 512. The van der Waals surface area contributed by atoms with Gasteiger partial charge in [0.15, 0.2) is 0 Å². The minimum atomic E-state index is -0.122. The number of benzene rings is 1. The number of hydrogen-bond acceptors (Lipinski definition) is 4. The summed E-state index contributed by atoms with van der Waals surface area (Å²) in [6, 6.07) is 5.92. The lowest BCUT2D eigenvalue weighted by atomic mass is 10.0. The smallest absolute Gasteiger partial charge is 0.221 e. The van der Waals surface area contributed by atoms with Crippen molar-refractivity contribution in [3.05, 3.63) is 23.8 Å². The molecule has 0 aromatic heterocycles. The number of aliphatic hydroxyl groups is 1. The number of anilines is 1. The SMILES string of the molecule is COc1ccc(C(C)NCC2(CO)CC2)cc1NC(C)=O. The van der Waals surface area contributed by atoms with Crippen molar-refractivity contribution >= 4 is 11.6 Å². The van der Waals surface area contributed by atoms with Crippen molar-refractivity contribution in [3.63, 3.8) is 0 Å². The minimum absolute atomic E-state index is 0.0845. The van der Waals surface area contributed by atoms with E-state index in [1.54, 1.807) is 7.11 Å². The van der Waals surface area contributed by atoms with Gasteiger partial charge in [0.2, 0.25) is 5.91 Å². The third-order valence-electron chi connectivity index (χ3n) is 4.11. The first-order chi connectivity index (χ1) is 9.99. The first-order valence-electron chi connectivity index (χ1n) is 7.29. The van der Waals surface area contributed by atoms with Crippen molar-refractivity contribution in [2.45, 2.75) is 32.7 Å². The van der Waals surface area contributed by atoms with Gasteiger partial charge in [-0.3, -0.25) is 4.79 Å². The zero-order chi connectivity index (χ0) is 15.5. The Morgan fingerprint density at radius 1 is 1.48 bits per heavy atom. The van der Waals surface area contributed by atoms with E-state index in [1.165, 1.54) is 6.92 Å². The Morgan fingerprint density at radius 2 is 2.19 bits per heavy atom. The Balaban J connectivity index is 2.06. The second-order valence-corrected chi connectivity index (χ2v) is 5.90. The fraction of sp³-hybridized carbons (Fsp3) is 0.562. The second-order valence-electron chi connectivity index (χ2n) is 5.90. The first-order valence-corrected chi connectivity index (χ1v) is 7.29. The summed E-state index contributed by atoms with van der Waals surface area (Å²) in [5, 5.41) is 15.6. The molecule has 1 aromatic carbocycles. The molecule has 1 fully saturated rings. The Labute approximate surface area is 125 Å². The van der Waals surface area contributed by atoms with Crippen molar-refractivity contribution in [1.29, 1.82) is 0 Å². The summed E-state index contributed by atoms with van der Waals surface area (Å²) in [7, 11) is 1.58. The van der Waals surface area contributed by atoms with Gasteiger partial charge >= 0.3 is 0 Å². The highest BCUT2D eigenvalue weighted by molar-refractivity contribution is 5.90. The summed E-state index contributed by atoms with van der Waals surface area (Å²) in [6.07, 6.45) is 2.17. The van der Waals surface area contributed by atoms with Crippen molar-refractivity contribution in [2.75, 3.05) is 25.6 Å². The van der Waals surface area contributed by atoms with Crippen molar-refractivity contribution in [1.82, 2.24) is 5.32 Å². The molecule has 5 heteroatoms. The van der Waals surface area contributed by atoms with E-state index in [-0.39, 0.29) is 24.0 Å². The van der Waals surface area contributed by atoms with Crippen LogP contribution in [-0.4, -0.2) is 31.3 Å². The van der Waals surface area contributed by atoms with Crippen LogP contribution in [0.1, 0.15) is 38.3 Å². The highest BCUT2D eigenvalue weighted by Crippen LogP contribution is 2.44. The highest BCUT2D eigenvalue weighted by atomic mass is 16.5. The van der Waals surface area contributed by atoms with Gasteiger partial charge in [-0.15, -0.1) is 0 Å². The van der Waals surface area contributed by atoms with Gasteiger partial charge in [0.1, 0.15) is 5.75 Å². The third-order valence-corrected chi connectivity index (χ3v) is 4.11.